The predicted molar refractivity (Wildman–Crippen MR) is 103 cm³/mol. The Balaban J connectivity index is 2.66. The first-order valence-corrected chi connectivity index (χ1v) is 9.64. The van der Waals surface area contributed by atoms with Crippen molar-refractivity contribution in [1.29, 1.82) is 0 Å². The van der Waals surface area contributed by atoms with Gasteiger partial charge in [0.2, 0.25) is 0 Å². The topological polar surface area (TPSA) is 105 Å². The number of benzene rings is 1. The summed E-state index contributed by atoms with van der Waals surface area (Å²) in [6.45, 7) is 5.69. The number of carbonyl (C=O) groups excluding carboxylic acids is 2. The van der Waals surface area contributed by atoms with Gasteiger partial charge < -0.3 is 14.2 Å². The van der Waals surface area contributed by atoms with Gasteiger partial charge in [-0.25, -0.2) is 9.59 Å². The van der Waals surface area contributed by atoms with Gasteiger partial charge in [-0.15, -0.1) is 0 Å². The van der Waals surface area contributed by atoms with E-state index in [-0.39, 0.29) is 30.0 Å². The molecular formula is C19H21NO7S. The molecule has 0 N–H and O–H groups in total. The van der Waals surface area contributed by atoms with E-state index in [1.54, 1.807) is 32.2 Å². The summed E-state index contributed by atoms with van der Waals surface area (Å²) in [5.41, 5.74) is 0.563. The largest absolute Gasteiger partial charge is 0.487 e. The fraction of sp³-hybridized carbons (Fsp3) is 0.368. The number of nitro benzene ring substituents is 1. The smallest absolute Gasteiger partial charge is 0.339 e. The van der Waals surface area contributed by atoms with Crippen LogP contribution in [0.3, 0.4) is 0 Å². The van der Waals surface area contributed by atoms with E-state index < -0.39 is 22.8 Å². The summed E-state index contributed by atoms with van der Waals surface area (Å²) in [5, 5.41) is 13.1. The fourth-order valence-corrected chi connectivity index (χ4v) is 3.70. The summed E-state index contributed by atoms with van der Waals surface area (Å²) in [4.78, 5) is 35.9. The summed E-state index contributed by atoms with van der Waals surface area (Å²) in [5.74, 6) is -2.16. The van der Waals surface area contributed by atoms with Gasteiger partial charge in [-0.1, -0.05) is 23.9 Å². The number of hydrogen-bond acceptors (Lipinski definition) is 8. The molecule has 1 unspecified atom stereocenters. The van der Waals surface area contributed by atoms with Crippen molar-refractivity contribution in [2.75, 3.05) is 19.8 Å². The molecule has 2 rings (SSSR count). The summed E-state index contributed by atoms with van der Waals surface area (Å²) in [7, 11) is 0. The summed E-state index contributed by atoms with van der Waals surface area (Å²) >= 11 is 1.08. The van der Waals surface area contributed by atoms with E-state index >= 15 is 0 Å². The number of carbonyl (C=O) groups is 2. The van der Waals surface area contributed by atoms with Crippen molar-refractivity contribution in [3.8, 4) is 0 Å². The first-order valence-electron chi connectivity index (χ1n) is 8.76. The molecule has 9 heteroatoms. The minimum atomic E-state index is -0.902. The van der Waals surface area contributed by atoms with Crippen LogP contribution in [0.5, 0.6) is 0 Å². The van der Waals surface area contributed by atoms with Gasteiger partial charge in [0.05, 0.1) is 41.8 Å². The maximum atomic E-state index is 12.7. The zero-order valence-corrected chi connectivity index (χ0v) is 16.6. The molecule has 1 aromatic rings. The van der Waals surface area contributed by atoms with E-state index in [9.17, 15) is 19.7 Å². The molecule has 1 heterocycles. The zero-order valence-electron chi connectivity index (χ0n) is 15.8. The average molecular weight is 407 g/mol. The molecule has 1 aromatic carbocycles. The highest BCUT2D eigenvalue weighted by atomic mass is 32.2. The van der Waals surface area contributed by atoms with E-state index in [4.69, 9.17) is 14.2 Å². The third-order valence-corrected chi connectivity index (χ3v) is 4.73. The molecule has 0 fully saturated rings. The molecule has 0 aliphatic carbocycles. The van der Waals surface area contributed by atoms with E-state index in [1.165, 1.54) is 18.2 Å². The number of hydrogen-bond donors (Lipinski definition) is 0. The van der Waals surface area contributed by atoms with Crippen LogP contribution in [-0.2, 0) is 23.8 Å². The Bertz CT molecular complexity index is 831. The molecule has 28 heavy (non-hydrogen) atoms. The molecular weight excluding hydrogens is 386 g/mol. The average Bonchev–Trinajstić information content (AvgIpc) is 2.68. The fourth-order valence-electron chi connectivity index (χ4n) is 2.72. The van der Waals surface area contributed by atoms with E-state index in [0.29, 0.717) is 17.3 Å². The SMILES string of the molecule is CCOC(=O)C1=CSC(OCC)=C(C(=O)OCC)C1c1cccc([N+](=O)[O-])c1. The van der Waals surface area contributed by atoms with Crippen LogP contribution in [0.4, 0.5) is 5.69 Å². The van der Waals surface area contributed by atoms with Crippen LogP contribution in [0.1, 0.15) is 32.3 Å². The number of nitrogens with zero attached hydrogens (tertiary/aromatic N) is 1. The number of nitro groups is 1. The second-order valence-electron chi connectivity index (χ2n) is 5.55. The van der Waals surface area contributed by atoms with Crippen LogP contribution >= 0.6 is 11.8 Å². The van der Waals surface area contributed by atoms with Crippen molar-refractivity contribution in [2.24, 2.45) is 0 Å². The Morgan fingerprint density at radius 2 is 1.79 bits per heavy atom. The van der Waals surface area contributed by atoms with Crippen molar-refractivity contribution in [1.82, 2.24) is 0 Å². The van der Waals surface area contributed by atoms with Crippen molar-refractivity contribution in [2.45, 2.75) is 26.7 Å². The minimum Gasteiger partial charge on any atom is -0.487 e. The standard InChI is InChI=1S/C19H21NO7S/c1-4-25-17(21)14-11-28-19(27-6-3)16(18(22)26-5-2)15(14)12-8-7-9-13(10-12)20(23)24/h7-11,15H,4-6H2,1-3H3. The molecule has 0 radical (unpaired) electrons. The first kappa shape index (κ1) is 21.5. The highest BCUT2D eigenvalue weighted by Gasteiger charge is 2.38. The Hall–Kier alpha value is -2.81. The lowest BCUT2D eigenvalue weighted by Gasteiger charge is -2.27. The first-order chi connectivity index (χ1) is 13.4. The molecule has 150 valence electrons. The third-order valence-electron chi connectivity index (χ3n) is 3.81. The van der Waals surface area contributed by atoms with Gasteiger partial charge >= 0.3 is 11.9 Å². The number of thioether (sulfide) groups is 1. The van der Waals surface area contributed by atoms with Gasteiger partial charge in [-0.05, 0) is 31.7 Å². The maximum Gasteiger partial charge on any atom is 0.339 e. The normalized spacial score (nSPS) is 16.2. The van der Waals surface area contributed by atoms with Gasteiger partial charge in [-0.2, -0.15) is 0 Å². The molecule has 0 saturated carbocycles. The van der Waals surface area contributed by atoms with Crippen molar-refractivity contribution in [3.63, 3.8) is 0 Å². The minimum absolute atomic E-state index is 0.125. The number of rotatable bonds is 8. The number of non-ortho nitro benzene ring substituents is 1. The van der Waals surface area contributed by atoms with E-state index in [0.717, 1.165) is 11.8 Å². The molecule has 1 aliphatic rings. The van der Waals surface area contributed by atoms with Crippen LogP contribution in [0.15, 0.2) is 45.9 Å². The van der Waals surface area contributed by atoms with Crippen LogP contribution in [0.25, 0.3) is 0 Å². The lowest BCUT2D eigenvalue weighted by Crippen LogP contribution is -2.25. The van der Waals surface area contributed by atoms with E-state index in [2.05, 4.69) is 0 Å². The lowest BCUT2D eigenvalue weighted by atomic mass is 9.85. The summed E-state index contributed by atoms with van der Waals surface area (Å²) in [6, 6.07) is 5.78. The molecule has 8 nitrogen and oxygen atoms in total. The highest BCUT2D eigenvalue weighted by molar-refractivity contribution is 8.05. The third kappa shape index (κ3) is 4.72. The van der Waals surface area contributed by atoms with Crippen molar-refractivity contribution >= 4 is 29.4 Å². The lowest BCUT2D eigenvalue weighted by molar-refractivity contribution is -0.384. The van der Waals surface area contributed by atoms with Gasteiger partial charge in [-0.3, -0.25) is 10.1 Å². The van der Waals surface area contributed by atoms with Gasteiger partial charge in [0, 0.05) is 12.1 Å². The van der Waals surface area contributed by atoms with Crippen molar-refractivity contribution < 1.29 is 28.7 Å². The molecule has 1 atom stereocenters. The molecule has 0 amide bonds. The highest BCUT2D eigenvalue weighted by Crippen LogP contribution is 2.44. The maximum absolute atomic E-state index is 12.7. The molecule has 0 bridgehead atoms. The Morgan fingerprint density at radius 3 is 2.39 bits per heavy atom. The Morgan fingerprint density at radius 1 is 1.11 bits per heavy atom. The molecule has 0 saturated heterocycles. The summed E-state index contributed by atoms with van der Waals surface area (Å²) < 4.78 is 15.9. The zero-order chi connectivity index (χ0) is 20.7. The van der Waals surface area contributed by atoms with Crippen LogP contribution in [0, 0.1) is 10.1 Å². The number of ether oxygens (including phenoxy) is 3. The molecule has 1 aliphatic heterocycles. The second-order valence-corrected chi connectivity index (χ2v) is 6.39. The van der Waals surface area contributed by atoms with E-state index in [1.807, 2.05) is 0 Å². The van der Waals surface area contributed by atoms with Crippen LogP contribution < -0.4 is 0 Å². The summed E-state index contributed by atoms with van der Waals surface area (Å²) in [6.07, 6.45) is 0. The molecule has 0 aromatic heterocycles. The second kappa shape index (κ2) is 9.93. The number of esters is 2. The predicted octanol–water partition coefficient (Wildman–Crippen LogP) is 3.68. The monoisotopic (exact) mass is 407 g/mol. The van der Waals surface area contributed by atoms with Gasteiger partial charge in [0.15, 0.2) is 5.09 Å². The Labute approximate surface area is 166 Å². The quantitative estimate of drug-likeness (QED) is 0.365. The molecule has 0 spiro atoms. The van der Waals surface area contributed by atoms with Crippen molar-refractivity contribution in [3.05, 3.63) is 61.6 Å². The van der Waals surface area contributed by atoms with Crippen LogP contribution in [-0.4, -0.2) is 36.7 Å². The van der Waals surface area contributed by atoms with Gasteiger partial charge in [0.25, 0.3) is 5.69 Å². The van der Waals surface area contributed by atoms with Crippen LogP contribution in [0.2, 0.25) is 0 Å². The Kier molecular flexibility index (Phi) is 7.62. The van der Waals surface area contributed by atoms with Gasteiger partial charge in [0.1, 0.15) is 0 Å².